The van der Waals surface area contributed by atoms with Gasteiger partial charge < -0.3 is 5.11 Å². The molecule has 1 fully saturated rings. The smallest absolute Gasteiger partial charge is 0.123 e. The number of aliphatic hydroxyl groups is 1. The van der Waals surface area contributed by atoms with E-state index in [1.165, 1.54) is 0 Å². The molecule has 0 heterocycles. The molecule has 0 aromatic heterocycles. The molecule has 0 aliphatic heterocycles. The average molecular weight is 160 g/mol. The molecule has 0 bridgehead atoms. The summed E-state index contributed by atoms with van der Waals surface area (Å²) in [6, 6.07) is 0. The van der Waals surface area contributed by atoms with Gasteiger partial charge >= 0.3 is 0 Å². The maximum absolute atomic E-state index is 12.6. The van der Waals surface area contributed by atoms with Crippen molar-refractivity contribution in [3.8, 4) is 0 Å². The first-order valence-corrected chi connectivity index (χ1v) is 4.28. The highest BCUT2D eigenvalue weighted by Gasteiger charge is 2.36. The van der Waals surface area contributed by atoms with Crippen LogP contribution in [0.15, 0.2) is 0 Å². The third-order valence-electron chi connectivity index (χ3n) is 2.47. The summed E-state index contributed by atoms with van der Waals surface area (Å²) < 4.78 is 12.6. The zero-order chi connectivity index (χ0) is 8.48. The Balaban J connectivity index is 2.13. The molecule has 0 aromatic rings. The van der Waals surface area contributed by atoms with Crippen molar-refractivity contribution in [1.82, 2.24) is 0 Å². The SMILES string of the molecule is CC1(C)CC(CC(F)CO)C1. The monoisotopic (exact) mass is 160 g/mol. The molecule has 1 aliphatic rings. The number of hydrogen-bond acceptors (Lipinski definition) is 1. The van der Waals surface area contributed by atoms with Gasteiger partial charge in [0.05, 0.1) is 6.61 Å². The van der Waals surface area contributed by atoms with Gasteiger partial charge in [-0.3, -0.25) is 0 Å². The van der Waals surface area contributed by atoms with Crippen LogP contribution >= 0.6 is 0 Å². The van der Waals surface area contributed by atoms with Crippen LogP contribution in [0, 0.1) is 11.3 Å². The normalized spacial score (nSPS) is 26.2. The molecule has 0 amide bonds. The second-order valence-corrected chi connectivity index (χ2v) is 4.45. The summed E-state index contributed by atoms with van der Waals surface area (Å²) in [5, 5.41) is 8.46. The predicted octanol–water partition coefficient (Wildman–Crippen LogP) is 2.14. The van der Waals surface area contributed by atoms with Crippen LogP contribution in [-0.4, -0.2) is 17.9 Å². The van der Waals surface area contributed by atoms with Gasteiger partial charge in [-0.1, -0.05) is 13.8 Å². The Bertz CT molecular complexity index is 126. The maximum atomic E-state index is 12.6. The second-order valence-electron chi connectivity index (χ2n) is 4.45. The Morgan fingerprint density at radius 3 is 2.45 bits per heavy atom. The molecule has 1 atom stereocenters. The van der Waals surface area contributed by atoms with Crippen LogP contribution in [0.1, 0.15) is 33.1 Å². The van der Waals surface area contributed by atoms with E-state index in [1.807, 2.05) is 0 Å². The van der Waals surface area contributed by atoms with Gasteiger partial charge in [0.15, 0.2) is 0 Å². The minimum atomic E-state index is -0.990. The molecule has 1 N–H and O–H groups in total. The minimum Gasteiger partial charge on any atom is -0.393 e. The number of halogens is 1. The lowest BCUT2D eigenvalue weighted by atomic mass is 9.63. The summed E-state index contributed by atoms with van der Waals surface area (Å²) in [4.78, 5) is 0. The van der Waals surface area contributed by atoms with Crippen molar-refractivity contribution in [3.05, 3.63) is 0 Å². The summed E-state index contributed by atoms with van der Waals surface area (Å²) in [5.41, 5.74) is 0.430. The Morgan fingerprint density at radius 1 is 1.55 bits per heavy atom. The van der Waals surface area contributed by atoms with Crippen molar-refractivity contribution < 1.29 is 9.50 Å². The summed E-state index contributed by atoms with van der Waals surface area (Å²) in [5.74, 6) is 0.521. The summed E-state index contributed by atoms with van der Waals surface area (Å²) in [6.45, 7) is 4.10. The van der Waals surface area contributed by atoms with Crippen molar-refractivity contribution in [2.24, 2.45) is 11.3 Å². The van der Waals surface area contributed by atoms with E-state index in [0.29, 0.717) is 17.8 Å². The number of rotatable bonds is 3. The van der Waals surface area contributed by atoms with Crippen molar-refractivity contribution in [2.75, 3.05) is 6.61 Å². The first kappa shape index (κ1) is 8.98. The van der Waals surface area contributed by atoms with Gasteiger partial charge in [-0.05, 0) is 30.6 Å². The summed E-state index contributed by atoms with van der Waals surface area (Å²) in [6.07, 6.45) is 1.80. The average Bonchev–Trinajstić information content (AvgIpc) is 1.83. The van der Waals surface area contributed by atoms with Crippen LogP contribution in [0.2, 0.25) is 0 Å². The van der Waals surface area contributed by atoms with E-state index in [0.717, 1.165) is 12.8 Å². The zero-order valence-corrected chi connectivity index (χ0v) is 7.31. The first-order chi connectivity index (χ1) is 5.03. The predicted molar refractivity (Wildman–Crippen MR) is 43.1 cm³/mol. The Hall–Kier alpha value is -0.110. The fraction of sp³-hybridized carbons (Fsp3) is 1.00. The molecule has 1 rings (SSSR count). The zero-order valence-electron chi connectivity index (χ0n) is 7.31. The largest absolute Gasteiger partial charge is 0.393 e. The van der Waals surface area contributed by atoms with E-state index in [4.69, 9.17) is 5.11 Å². The van der Waals surface area contributed by atoms with Crippen molar-refractivity contribution >= 4 is 0 Å². The molecule has 66 valence electrons. The van der Waals surface area contributed by atoms with Gasteiger partial charge in [0, 0.05) is 0 Å². The number of alkyl halides is 1. The van der Waals surface area contributed by atoms with Gasteiger partial charge in [0.2, 0.25) is 0 Å². The Labute approximate surface area is 67.6 Å². The van der Waals surface area contributed by atoms with Crippen molar-refractivity contribution in [1.29, 1.82) is 0 Å². The van der Waals surface area contributed by atoms with E-state index in [1.54, 1.807) is 0 Å². The molecule has 0 aromatic carbocycles. The molecule has 1 unspecified atom stereocenters. The third-order valence-corrected chi connectivity index (χ3v) is 2.47. The van der Waals surface area contributed by atoms with Gasteiger partial charge in [-0.15, -0.1) is 0 Å². The van der Waals surface area contributed by atoms with E-state index < -0.39 is 6.17 Å². The van der Waals surface area contributed by atoms with Crippen LogP contribution in [0.5, 0.6) is 0 Å². The molecule has 11 heavy (non-hydrogen) atoms. The molecule has 0 saturated heterocycles. The van der Waals surface area contributed by atoms with Gasteiger partial charge in [-0.2, -0.15) is 0 Å². The molecule has 1 nitrogen and oxygen atoms in total. The van der Waals surface area contributed by atoms with Gasteiger partial charge in [0.25, 0.3) is 0 Å². The Kier molecular flexibility index (Phi) is 2.53. The summed E-state index contributed by atoms with van der Waals surface area (Å²) in [7, 11) is 0. The van der Waals surface area contributed by atoms with Crippen LogP contribution in [0.4, 0.5) is 4.39 Å². The van der Waals surface area contributed by atoms with Gasteiger partial charge in [0.1, 0.15) is 6.17 Å². The highest BCUT2D eigenvalue weighted by atomic mass is 19.1. The van der Waals surface area contributed by atoms with Crippen LogP contribution < -0.4 is 0 Å². The van der Waals surface area contributed by atoms with E-state index in [9.17, 15) is 4.39 Å². The number of aliphatic hydroxyl groups excluding tert-OH is 1. The van der Waals surface area contributed by atoms with E-state index in [2.05, 4.69) is 13.8 Å². The lowest BCUT2D eigenvalue weighted by Crippen LogP contribution is -2.33. The summed E-state index contributed by atoms with van der Waals surface area (Å²) >= 11 is 0. The quantitative estimate of drug-likeness (QED) is 0.670. The fourth-order valence-electron chi connectivity index (χ4n) is 2.11. The van der Waals surface area contributed by atoms with E-state index >= 15 is 0 Å². The highest BCUT2D eigenvalue weighted by molar-refractivity contribution is 4.87. The standard InChI is InChI=1S/C9H17FO/c1-9(2)4-7(5-9)3-8(10)6-11/h7-8,11H,3-6H2,1-2H3. The van der Waals surface area contributed by atoms with Crippen molar-refractivity contribution in [2.45, 2.75) is 39.3 Å². The number of hydrogen-bond donors (Lipinski definition) is 1. The van der Waals surface area contributed by atoms with Crippen LogP contribution in [0.25, 0.3) is 0 Å². The second kappa shape index (κ2) is 3.10. The third kappa shape index (κ3) is 2.44. The topological polar surface area (TPSA) is 20.2 Å². The molecule has 1 aliphatic carbocycles. The van der Waals surface area contributed by atoms with Crippen molar-refractivity contribution in [3.63, 3.8) is 0 Å². The van der Waals surface area contributed by atoms with Gasteiger partial charge in [-0.25, -0.2) is 4.39 Å². The van der Waals surface area contributed by atoms with Crippen LogP contribution in [0.3, 0.4) is 0 Å². The lowest BCUT2D eigenvalue weighted by molar-refractivity contribution is 0.0528. The molecule has 0 spiro atoms. The first-order valence-electron chi connectivity index (χ1n) is 4.28. The fourth-order valence-corrected chi connectivity index (χ4v) is 2.11. The van der Waals surface area contributed by atoms with Crippen LogP contribution in [-0.2, 0) is 0 Å². The molecule has 1 saturated carbocycles. The highest BCUT2D eigenvalue weighted by Crippen LogP contribution is 2.46. The van der Waals surface area contributed by atoms with E-state index in [-0.39, 0.29) is 6.61 Å². The lowest BCUT2D eigenvalue weighted by Gasteiger charge is -2.43. The molecular weight excluding hydrogens is 143 g/mol. The molecule has 0 radical (unpaired) electrons. The minimum absolute atomic E-state index is 0.309. The molecular formula is C9H17FO. The maximum Gasteiger partial charge on any atom is 0.123 e. The Morgan fingerprint density at radius 2 is 2.09 bits per heavy atom. The molecule has 2 heteroatoms.